The molecule has 0 aliphatic heterocycles. The number of benzene rings is 2. The zero-order valence-corrected chi connectivity index (χ0v) is 15.9. The summed E-state index contributed by atoms with van der Waals surface area (Å²) in [6.07, 6.45) is 0.775. The molecular weight excluding hydrogens is 344 g/mol. The third kappa shape index (κ3) is 5.91. The molecule has 0 aromatic heterocycles. The number of nitrogens with two attached hydrogens (primary N) is 1. The zero-order valence-electron chi connectivity index (χ0n) is 15.9. The van der Waals surface area contributed by atoms with Gasteiger partial charge in [0.05, 0.1) is 20.8 Å². The highest BCUT2D eigenvalue weighted by atomic mass is 16.5. The average Bonchev–Trinajstić information content (AvgIpc) is 2.71. The number of carbonyl (C=O) groups is 1. The first kappa shape index (κ1) is 20.1. The summed E-state index contributed by atoms with van der Waals surface area (Å²) in [5.74, 6) is 1.68. The lowest BCUT2D eigenvalue weighted by molar-refractivity contribution is 0.0963. The van der Waals surface area contributed by atoms with Crippen molar-refractivity contribution < 1.29 is 14.3 Å². The van der Waals surface area contributed by atoms with Gasteiger partial charge in [-0.05, 0) is 41.8 Å². The molecule has 0 heterocycles. The quantitative estimate of drug-likeness (QED) is 0.485. The van der Waals surface area contributed by atoms with Gasteiger partial charge in [0, 0.05) is 19.2 Å². The monoisotopic (exact) mass is 370 g/mol. The van der Waals surface area contributed by atoms with E-state index in [-0.39, 0.29) is 5.91 Å². The number of aliphatic imine (C=N–C) groups is 1. The highest BCUT2D eigenvalue weighted by Gasteiger charge is 2.05. The molecule has 0 saturated heterocycles. The first-order valence-electron chi connectivity index (χ1n) is 8.63. The molecule has 7 heteroatoms. The van der Waals surface area contributed by atoms with Crippen LogP contribution in [-0.4, -0.2) is 39.7 Å². The van der Waals surface area contributed by atoms with Crippen LogP contribution in [0.25, 0.3) is 0 Å². The Morgan fingerprint density at radius 3 is 2.33 bits per heavy atom. The topological polar surface area (TPSA) is 98.0 Å². The summed E-state index contributed by atoms with van der Waals surface area (Å²) in [6.45, 7) is 1.10. The summed E-state index contributed by atoms with van der Waals surface area (Å²) in [5, 5.41) is 5.69. The number of carbonyl (C=O) groups excluding carboxylic acids is 1. The van der Waals surface area contributed by atoms with E-state index in [0.717, 1.165) is 17.5 Å². The van der Waals surface area contributed by atoms with E-state index in [0.29, 0.717) is 36.1 Å². The summed E-state index contributed by atoms with van der Waals surface area (Å²) in [6, 6.07) is 13.1. The first-order valence-corrected chi connectivity index (χ1v) is 8.63. The van der Waals surface area contributed by atoms with E-state index in [1.165, 1.54) is 0 Å². The molecule has 1 amide bonds. The van der Waals surface area contributed by atoms with Crippen molar-refractivity contribution in [3.8, 4) is 11.5 Å². The maximum Gasteiger partial charge on any atom is 0.251 e. The van der Waals surface area contributed by atoms with Crippen molar-refractivity contribution in [1.29, 1.82) is 0 Å². The molecular formula is C20H26N4O3. The van der Waals surface area contributed by atoms with Crippen LogP contribution in [0.1, 0.15) is 21.5 Å². The Bertz CT molecular complexity index is 788. The minimum Gasteiger partial charge on any atom is -0.493 e. The standard InChI is InChI=1S/C20H26N4O3/c1-22-19(25)16-7-4-15(5-8-16)13-24-20(21)23-11-10-14-6-9-17(26-2)18(12-14)27-3/h4-9,12H,10-11,13H2,1-3H3,(H,22,25)(H3,21,23,24). The smallest absolute Gasteiger partial charge is 0.251 e. The van der Waals surface area contributed by atoms with Crippen LogP contribution in [0.15, 0.2) is 47.5 Å². The van der Waals surface area contributed by atoms with Crippen molar-refractivity contribution in [2.45, 2.75) is 13.0 Å². The summed E-state index contributed by atoms with van der Waals surface area (Å²) < 4.78 is 10.5. The zero-order chi connectivity index (χ0) is 19.6. The molecule has 2 aromatic rings. The molecule has 27 heavy (non-hydrogen) atoms. The highest BCUT2D eigenvalue weighted by molar-refractivity contribution is 5.93. The minimum absolute atomic E-state index is 0.110. The number of hydrogen-bond acceptors (Lipinski definition) is 4. The molecule has 0 unspecified atom stereocenters. The number of amides is 1. The molecule has 0 fully saturated rings. The number of nitrogens with zero attached hydrogens (tertiary/aromatic N) is 1. The fraction of sp³-hybridized carbons (Fsp3) is 0.300. The van der Waals surface area contributed by atoms with Gasteiger partial charge >= 0.3 is 0 Å². The Balaban J connectivity index is 1.83. The Morgan fingerprint density at radius 2 is 1.70 bits per heavy atom. The van der Waals surface area contributed by atoms with E-state index in [1.807, 2.05) is 30.3 Å². The van der Waals surface area contributed by atoms with Gasteiger partial charge in [-0.2, -0.15) is 0 Å². The third-order valence-electron chi connectivity index (χ3n) is 4.04. The SMILES string of the molecule is CNC(=O)c1ccc(CN=C(N)NCCc2ccc(OC)c(OC)c2)cc1. The van der Waals surface area contributed by atoms with Crippen molar-refractivity contribution in [2.24, 2.45) is 10.7 Å². The second kappa shape index (κ2) is 10.1. The van der Waals surface area contributed by atoms with Gasteiger partial charge in [-0.3, -0.25) is 4.79 Å². The van der Waals surface area contributed by atoms with Crippen LogP contribution in [0.5, 0.6) is 11.5 Å². The lowest BCUT2D eigenvalue weighted by Crippen LogP contribution is -2.33. The fourth-order valence-electron chi connectivity index (χ4n) is 2.51. The number of methoxy groups -OCH3 is 2. The van der Waals surface area contributed by atoms with Crippen LogP contribution >= 0.6 is 0 Å². The molecule has 0 atom stereocenters. The van der Waals surface area contributed by atoms with E-state index in [2.05, 4.69) is 15.6 Å². The molecule has 0 radical (unpaired) electrons. The van der Waals surface area contributed by atoms with Crippen molar-refractivity contribution >= 4 is 11.9 Å². The lowest BCUT2D eigenvalue weighted by Gasteiger charge is -2.10. The molecule has 0 saturated carbocycles. The van der Waals surface area contributed by atoms with Gasteiger partial charge in [-0.25, -0.2) is 4.99 Å². The molecule has 2 rings (SSSR count). The van der Waals surface area contributed by atoms with Gasteiger partial charge in [-0.15, -0.1) is 0 Å². The Morgan fingerprint density at radius 1 is 1.04 bits per heavy atom. The van der Waals surface area contributed by atoms with Crippen LogP contribution in [0, 0.1) is 0 Å². The van der Waals surface area contributed by atoms with Crippen molar-refractivity contribution in [1.82, 2.24) is 10.6 Å². The molecule has 4 N–H and O–H groups in total. The first-order chi connectivity index (χ1) is 13.1. The second-order valence-electron chi connectivity index (χ2n) is 5.84. The molecule has 0 aliphatic rings. The Kier molecular flexibility index (Phi) is 7.49. The molecule has 2 aromatic carbocycles. The molecule has 0 bridgehead atoms. The van der Waals surface area contributed by atoms with Crippen LogP contribution in [0.4, 0.5) is 0 Å². The molecule has 7 nitrogen and oxygen atoms in total. The van der Waals surface area contributed by atoms with Crippen molar-refractivity contribution in [2.75, 3.05) is 27.8 Å². The molecule has 0 spiro atoms. The van der Waals surface area contributed by atoms with E-state index in [1.54, 1.807) is 33.4 Å². The van der Waals surface area contributed by atoms with Crippen LogP contribution in [0.3, 0.4) is 0 Å². The number of rotatable bonds is 8. The van der Waals surface area contributed by atoms with Crippen molar-refractivity contribution in [3.63, 3.8) is 0 Å². The molecule has 0 aliphatic carbocycles. The Hall–Kier alpha value is -3.22. The lowest BCUT2D eigenvalue weighted by atomic mass is 10.1. The van der Waals surface area contributed by atoms with Gasteiger partial charge in [-0.1, -0.05) is 18.2 Å². The second-order valence-corrected chi connectivity index (χ2v) is 5.84. The number of nitrogens with one attached hydrogen (secondary N) is 2. The van der Waals surface area contributed by atoms with E-state index in [9.17, 15) is 4.79 Å². The summed E-state index contributed by atoms with van der Waals surface area (Å²) in [7, 11) is 4.84. The van der Waals surface area contributed by atoms with Crippen molar-refractivity contribution in [3.05, 3.63) is 59.2 Å². The maximum absolute atomic E-state index is 11.5. The van der Waals surface area contributed by atoms with Gasteiger partial charge in [0.15, 0.2) is 17.5 Å². The van der Waals surface area contributed by atoms with Gasteiger partial charge in [0.1, 0.15) is 0 Å². The normalized spacial score (nSPS) is 11.0. The van der Waals surface area contributed by atoms with Gasteiger partial charge < -0.3 is 25.8 Å². The Labute approximate surface area is 159 Å². The predicted molar refractivity (Wildman–Crippen MR) is 106 cm³/mol. The van der Waals surface area contributed by atoms with E-state index in [4.69, 9.17) is 15.2 Å². The van der Waals surface area contributed by atoms with Crippen LogP contribution in [0.2, 0.25) is 0 Å². The van der Waals surface area contributed by atoms with Gasteiger partial charge in [0.2, 0.25) is 0 Å². The molecule has 144 valence electrons. The summed E-state index contributed by atoms with van der Waals surface area (Å²) >= 11 is 0. The minimum atomic E-state index is -0.110. The number of guanidine groups is 1. The third-order valence-corrected chi connectivity index (χ3v) is 4.04. The number of hydrogen-bond donors (Lipinski definition) is 3. The number of ether oxygens (including phenoxy) is 2. The average molecular weight is 370 g/mol. The van der Waals surface area contributed by atoms with E-state index < -0.39 is 0 Å². The summed E-state index contributed by atoms with van der Waals surface area (Å²) in [4.78, 5) is 15.8. The predicted octanol–water partition coefficient (Wildman–Crippen LogP) is 1.71. The highest BCUT2D eigenvalue weighted by Crippen LogP contribution is 2.27. The maximum atomic E-state index is 11.5. The fourth-order valence-corrected chi connectivity index (χ4v) is 2.51. The van der Waals surface area contributed by atoms with Gasteiger partial charge in [0.25, 0.3) is 5.91 Å². The van der Waals surface area contributed by atoms with E-state index >= 15 is 0 Å². The largest absolute Gasteiger partial charge is 0.493 e. The summed E-state index contributed by atoms with van der Waals surface area (Å²) in [5.41, 5.74) is 8.62. The van der Waals surface area contributed by atoms with Crippen LogP contribution in [-0.2, 0) is 13.0 Å². The van der Waals surface area contributed by atoms with Crippen LogP contribution < -0.4 is 25.8 Å².